The summed E-state index contributed by atoms with van der Waals surface area (Å²) in [6.45, 7) is 3.79. The van der Waals surface area contributed by atoms with Gasteiger partial charge in [-0.05, 0) is 24.3 Å². The van der Waals surface area contributed by atoms with Crippen LogP contribution in [-0.4, -0.2) is 24.9 Å². The molecule has 0 unspecified atom stereocenters. The smallest absolute Gasteiger partial charge is 0.269 e. The van der Waals surface area contributed by atoms with Crippen molar-refractivity contribution < 1.29 is 15.3 Å². The molecule has 1 heterocycles. The second-order valence-corrected chi connectivity index (χ2v) is 5.64. The van der Waals surface area contributed by atoms with E-state index in [1.807, 2.05) is 13.8 Å². The lowest BCUT2D eigenvalue weighted by molar-refractivity contribution is 0.454. The molecule has 6 heteroatoms. The molecular weight excluding hydrogens is 296 g/mol. The van der Waals surface area contributed by atoms with E-state index in [0.29, 0.717) is 11.5 Å². The van der Waals surface area contributed by atoms with Crippen LogP contribution in [-0.2, 0) is 0 Å². The number of nitrogens with zero attached hydrogens (tertiary/aromatic N) is 2. The fourth-order valence-electron chi connectivity index (χ4n) is 2.53. The fraction of sp³-hybridized carbons (Fsp3) is 0.176. The summed E-state index contributed by atoms with van der Waals surface area (Å²) < 4.78 is 1.41. The van der Waals surface area contributed by atoms with Crippen LogP contribution in [0, 0.1) is 0 Å². The average molecular weight is 312 g/mol. The molecule has 6 nitrogen and oxygen atoms in total. The van der Waals surface area contributed by atoms with Crippen molar-refractivity contribution in [1.29, 1.82) is 0 Å². The Hall–Kier alpha value is -3.02. The third kappa shape index (κ3) is 2.48. The van der Waals surface area contributed by atoms with E-state index in [-0.39, 0.29) is 34.1 Å². The van der Waals surface area contributed by atoms with E-state index < -0.39 is 5.56 Å². The summed E-state index contributed by atoms with van der Waals surface area (Å²) in [4.78, 5) is 17.3. The van der Waals surface area contributed by atoms with E-state index in [2.05, 4.69) is 4.98 Å². The summed E-state index contributed by atoms with van der Waals surface area (Å²) in [6.07, 6.45) is 0. The number of hydrogen-bond acceptors (Lipinski definition) is 5. The van der Waals surface area contributed by atoms with Gasteiger partial charge in [0, 0.05) is 18.1 Å². The van der Waals surface area contributed by atoms with Gasteiger partial charge in [-0.3, -0.25) is 9.36 Å². The first-order valence-electron chi connectivity index (χ1n) is 7.16. The maximum Gasteiger partial charge on any atom is 0.269 e. The van der Waals surface area contributed by atoms with E-state index in [0.717, 1.165) is 6.07 Å². The summed E-state index contributed by atoms with van der Waals surface area (Å²) in [7, 11) is 0. The van der Waals surface area contributed by atoms with E-state index in [9.17, 15) is 20.1 Å². The molecule has 0 saturated heterocycles. The van der Waals surface area contributed by atoms with Crippen LogP contribution in [0.3, 0.4) is 0 Å². The van der Waals surface area contributed by atoms with E-state index in [4.69, 9.17) is 0 Å². The maximum absolute atomic E-state index is 12.9. The Kier molecular flexibility index (Phi) is 3.44. The van der Waals surface area contributed by atoms with Crippen molar-refractivity contribution in [2.24, 2.45) is 0 Å². The molecule has 0 aliphatic carbocycles. The number of aromatic nitrogens is 2. The molecule has 0 radical (unpaired) electrons. The number of rotatable bonds is 2. The Morgan fingerprint density at radius 1 is 1.00 bits per heavy atom. The topological polar surface area (TPSA) is 95.6 Å². The highest BCUT2D eigenvalue weighted by Gasteiger charge is 2.18. The largest absolute Gasteiger partial charge is 0.508 e. The summed E-state index contributed by atoms with van der Waals surface area (Å²) in [5.41, 5.74) is 0.353. The van der Waals surface area contributed by atoms with Crippen LogP contribution >= 0.6 is 0 Å². The van der Waals surface area contributed by atoms with Crippen molar-refractivity contribution in [2.75, 3.05) is 0 Å². The van der Waals surface area contributed by atoms with Gasteiger partial charge in [-0.1, -0.05) is 13.8 Å². The molecule has 23 heavy (non-hydrogen) atoms. The van der Waals surface area contributed by atoms with Crippen LogP contribution in [0.5, 0.6) is 17.2 Å². The van der Waals surface area contributed by atoms with Crippen LogP contribution in [0.15, 0.2) is 41.2 Å². The molecule has 3 aromatic rings. The number of phenols is 3. The van der Waals surface area contributed by atoms with Crippen molar-refractivity contribution in [3.05, 3.63) is 52.6 Å². The summed E-state index contributed by atoms with van der Waals surface area (Å²) >= 11 is 0. The highest BCUT2D eigenvalue weighted by Crippen LogP contribution is 2.28. The molecule has 0 aliphatic rings. The number of benzene rings is 2. The molecule has 1 aromatic heterocycles. The van der Waals surface area contributed by atoms with Gasteiger partial charge in [-0.15, -0.1) is 0 Å². The number of aromatic hydroxyl groups is 3. The van der Waals surface area contributed by atoms with Crippen LogP contribution in [0.4, 0.5) is 0 Å². The monoisotopic (exact) mass is 312 g/mol. The van der Waals surface area contributed by atoms with Gasteiger partial charge in [-0.2, -0.15) is 0 Å². The van der Waals surface area contributed by atoms with Gasteiger partial charge in [-0.25, -0.2) is 4.98 Å². The fourth-order valence-corrected chi connectivity index (χ4v) is 2.53. The summed E-state index contributed by atoms with van der Waals surface area (Å²) in [5, 5.41) is 29.1. The van der Waals surface area contributed by atoms with Crippen molar-refractivity contribution >= 4 is 10.9 Å². The zero-order valence-electron chi connectivity index (χ0n) is 12.7. The van der Waals surface area contributed by atoms with Crippen molar-refractivity contribution in [3.63, 3.8) is 0 Å². The lowest BCUT2D eigenvalue weighted by Crippen LogP contribution is -2.24. The van der Waals surface area contributed by atoms with Gasteiger partial charge < -0.3 is 15.3 Å². The molecule has 0 saturated carbocycles. The molecule has 0 bridgehead atoms. The predicted octanol–water partition coefficient (Wildman–Crippen LogP) is 2.63. The first-order valence-corrected chi connectivity index (χ1v) is 7.16. The van der Waals surface area contributed by atoms with E-state index in [1.165, 1.54) is 22.8 Å². The molecule has 3 rings (SSSR count). The minimum Gasteiger partial charge on any atom is -0.508 e. The standard InChI is InChI=1S/C17H16N2O4/c1-9(2)16-18-13-7-12(21)8-14(22)15(13)17(23)19(16)10-3-5-11(20)6-4-10/h3-9,20-22H,1-2H3. The lowest BCUT2D eigenvalue weighted by atomic mass is 10.1. The van der Waals surface area contributed by atoms with Gasteiger partial charge in [0.2, 0.25) is 0 Å². The first kappa shape index (κ1) is 14.9. The number of phenolic OH excluding ortho intramolecular Hbond substituents is 3. The van der Waals surface area contributed by atoms with Gasteiger partial charge in [0.15, 0.2) is 0 Å². The Balaban J connectivity index is 2.44. The Labute approximate surface area is 131 Å². The zero-order chi connectivity index (χ0) is 16.7. The third-order valence-electron chi connectivity index (χ3n) is 3.59. The van der Waals surface area contributed by atoms with E-state index >= 15 is 0 Å². The van der Waals surface area contributed by atoms with E-state index in [1.54, 1.807) is 12.1 Å². The first-order chi connectivity index (χ1) is 10.9. The van der Waals surface area contributed by atoms with Gasteiger partial charge in [0.05, 0.1) is 11.2 Å². The molecule has 0 aliphatic heterocycles. The lowest BCUT2D eigenvalue weighted by Gasteiger charge is -2.16. The van der Waals surface area contributed by atoms with Crippen molar-refractivity contribution in [1.82, 2.24) is 9.55 Å². The second kappa shape index (κ2) is 5.31. The molecule has 2 aromatic carbocycles. The molecule has 0 atom stereocenters. The summed E-state index contributed by atoms with van der Waals surface area (Å²) in [5.74, 6) is 0.0531. The summed E-state index contributed by atoms with van der Waals surface area (Å²) in [6, 6.07) is 8.63. The van der Waals surface area contributed by atoms with Crippen molar-refractivity contribution in [2.45, 2.75) is 19.8 Å². The Bertz CT molecular complexity index is 943. The molecule has 118 valence electrons. The number of hydrogen-bond donors (Lipinski definition) is 3. The predicted molar refractivity (Wildman–Crippen MR) is 86.4 cm³/mol. The molecule has 0 amide bonds. The molecular formula is C17H16N2O4. The third-order valence-corrected chi connectivity index (χ3v) is 3.59. The van der Waals surface area contributed by atoms with Crippen LogP contribution < -0.4 is 5.56 Å². The van der Waals surface area contributed by atoms with Gasteiger partial charge in [0.1, 0.15) is 28.5 Å². The minimum atomic E-state index is -0.429. The van der Waals surface area contributed by atoms with Gasteiger partial charge >= 0.3 is 0 Å². The Morgan fingerprint density at radius 2 is 1.65 bits per heavy atom. The molecule has 0 fully saturated rings. The number of fused-ring (bicyclic) bond motifs is 1. The van der Waals surface area contributed by atoms with Crippen LogP contribution in [0.1, 0.15) is 25.6 Å². The maximum atomic E-state index is 12.9. The van der Waals surface area contributed by atoms with Crippen LogP contribution in [0.2, 0.25) is 0 Å². The molecule has 3 N–H and O–H groups in total. The van der Waals surface area contributed by atoms with Crippen LogP contribution in [0.25, 0.3) is 16.6 Å². The Morgan fingerprint density at radius 3 is 2.26 bits per heavy atom. The highest BCUT2D eigenvalue weighted by atomic mass is 16.3. The minimum absolute atomic E-state index is 0.0419. The highest BCUT2D eigenvalue weighted by molar-refractivity contribution is 5.85. The van der Waals surface area contributed by atoms with Gasteiger partial charge in [0.25, 0.3) is 5.56 Å². The SMILES string of the molecule is CC(C)c1nc2cc(O)cc(O)c2c(=O)n1-c1ccc(O)cc1. The zero-order valence-corrected chi connectivity index (χ0v) is 12.7. The molecule has 0 spiro atoms. The quantitative estimate of drug-likeness (QED) is 0.676. The second-order valence-electron chi connectivity index (χ2n) is 5.64. The normalized spacial score (nSPS) is 11.3. The average Bonchev–Trinajstić information content (AvgIpc) is 2.47. The van der Waals surface area contributed by atoms with Crippen molar-refractivity contribution in [3.8, 4) is 22.9 Å².